The Morgan fingerprint density at radius 1 is 1.00 bits per heavy atom. The summed E-state index contributed by atoms with van der Waals surface area (Å²) in [6.45, 7) is 0. The summed E-state index contributed by atoms with van der Waals surface area (Å²) in [6.07, 6.45) is 2.67. The molecule has 0 aliphatic heterocycles. The quantitative estimate of drug-likeness (QED) is 0.904. The molecule has 0 spiro atoms. The molecule has 0 radical (unpaired) electrons. The number of anilines is 1. The number of nitriles is 1. The predicted octanol–water partition coefficient (Wildman–Crippen LogP) is 3.33. The first-order valence-electron chi connectivity index (χ1n) is 6.64. The van der Waals surface area contributed by atoms with E-state index in [2.05, 4.69) is 47.8 Å². The molecule has 0 bridgehead atoms. The van der Waals surface area contributed by atoms with Crippen molar-refractivity contribution >= 4 is 5.69 Å². The molecule has 0 unspecified atom stereocenters. The van der Waals surface area contributed by atoms with Gasteiger partial charge in [0.25, 0.3) is 0 Å². The molecule has 94 valence electrons. The second kappa shape index (κ2) is 5.16. The van der Waals surface area contributed by atoms with Gasteiger partial charge in [-0.2, -0.15) is 5.26 Å². The van der Waals surface area contributed by atoms with Gasteiger partial charge in [0, 0.05) is 11.7 Å². The van der Waals surface area contributed by atoms with Gasteiger partial charge >= 0.3 is 0 Å². The highest BCUT2D eigenvalue weighted by atomic mass is 14.9. The van der Waals surface area contributed by atoms with E-state index < -0.39 is 0 Å². The molecule has 0 saturated heterocycles. The number of nitrogens with zero attached hydrogens (tertiary/aromatic N) is 1. The van der Waals surface area contributed by atoms with Crippen LogP contribution >= 0.6 is 0 Å². The van der Waals surface area contributed by atoms with Crippen molar-refractivity contribution in [1.82, 2.24) is 0 Å². The van der Waals surface area contributed by atoms with Gasteiger partial charge < -0.3 is 5.32 Å². The molecular weight excluding hydrogens is 232 g/mol. The molecule has 0 aromatic heterocycles. The van der Waals surface area contributed by atoms with Gasteiger partial charge in [-0.3, -0.25) is 0 Å². The maximum absolute atomic E-state index is 8.65. The zero-order chi connectivity index (χ0) is 13.1. The van der Waals surface area contributed by atoms with Crippen molar-refractivity contribution in [3.8, 4) is 6.07 Å². The Balaban J connectivity index is 1.66. The van der Waals surface area contributed by atoms with E-state index in [1.165, 1.54) is 11.1 Å². The smallest absolute Gasteiger partial charge is 0.0669 e. The summed E-state index contributed by atoms with van der Waals surface area (Å²) in [6, 6.07) is 19.5. The lowest BCUT2D eigenvalue weighted by molar-refractivity contribution is 0.774. The Hall–Kier alpha value is -2.27. The van der Waals surface area contributed by atoms with E-state index in [1.54, 1.807) is 0 Å². The summed E-state index contributed by atoms with van der Waals surface area (Å²) in [5.74, 6) is 0. The van der Waals surface area contributed by atoms with E-state index in [-0.39, 0.29) is 0 Å². The zero-order valence-electron chi connectivity index (χ0n) is 10.8. The topological polar surface area (TPSA) is 35.8 Å². The standard InChI is InChI=1S/C17H16N2/c18-10-9-13-5-7-16(8-6-13)19-17-11-14-3-1-2-4-15(14)12-17/h1-8,17,19H,9,11-12H2. The Morgan fingerprint density at radius 2 is 1.63 bits per heavy atom. The summed E-state index contributed by atoms with van der Waals surface area (Å²) in [7, 11) is 0. The van der Waals surface area contributed by atoms with Crippen LogP contribution in [0.5, 0.6) is 0 Å². The van der Waals surface area contributed by atoms with Crippen LogP contribution in [0, 0.1) is 11.3 Å². The number of hydrogen-bond acceptors (Lipinski definition) is 2. The van der Waals surface area contributed by atoms with Gasteiger partial charge in [-0.1, -0.05) is 36.4 Å². The molecule has 19 heavy (non-hydrogen) atoms. The highest BCUT2D eigenvalue weighted by Crippen LogP contribution is 2.24. The average Bonchev–Trinajstić information content (AvgIpc) is 2.83. The zero-order valence-corrected chi connectivity index (χ0v) is 10.8. The molecule has 2 heteroatoms. The monoisotopic (exact) mass is 248 g/mol. The van der Waals surface area contributed by atoms with E-state index in [0.717, 1.165) is 24.1 Å². The van der Waals surface area contributed by atoms with Gasteiger partial charge in [0.2, 0.25) is 0 Å². The molecule has 0 fully saturated rings. The predicted molar refractivity (Wildman–Crippen MR) is 77.0 cm³/mol. The summed E-state index contributed by atoms with van der Waals surface area (Å²) < 4.78 is 0. The Morgan fingerprint density at radius 3 is 2.21 bits per heavy atom. The van der Waals surface area contributed by atoms with E-state index >= 15 is 0 Å². The molecular formula is C17H16N2. The molecule has 0 amide bonds. The van der Waals surface area contributed by atoms with Gasteiger partial charge in [0.15, 0.2) is 0 Å². The van der Waals surface area contributed by atoms with Crippen molar-refractivity contribution in [2.75, 3.05) is 5.32 Å². The van der Waals surface area contributed by atoms with Crippen LogP contribution in [0.2, 0.25) is 0 Å². The van der Waals surface area contributed by atoms with E-state index in [1.807, 2.05) is 12.1 Å². The van der Waals surface area contributed by atoms with Crippen molar-refractivity contribution in [1.29, 1.82) is 5.26 Å². The third-order valence-corrected chi connectivity index (χ3v) is 3.66. The van der Waals surface area contributed by atoms with Crippen LogP contribution in [0.25, 0.3) is 0 Å². The second-order valence-electron chi connectivity index (χ2n) is 5.05. The maximum Gasteiger partial charge on any atom is 0.0669 e. The van der Waals surface area contributed by atoms with Crippen molar-refractivity contribution in [3.63, 3.8) is 0 Å². The van der Waals surface area contributed by atoms with Crippen LogP contribution in [0.3, 0.4) is 0 Å². The van der Waals surface area contributed by atoms with Crippen LogP contribution in [0.4, 0.5) is 5.69 Å². The Bertz CT molecular complexity index is 583. The Kier molecular flexibility index (Phi) is 3.20. The lowest BCUT2D eigenvalue weighted by atomic mass is 10.1. The molecule has 1 aliphatic carbocycles. The van der Waals surface area contributed by atoms with Gasteiger partial charge in [0.1, 0.15) is 0 Å². The summed E-state index contributed by atoms with van der Waals surface area (Å²) >= 11 is 0. The lowest BCUT2D eigenvalue weighted by Gasteiger charge is -2.13. The fourth-order valence-electron chi connectivity index (χ4n) is 2.71. The SMILES string of the molecule is N#CCc1ccc(NC2Cc3ccccc3C2)cc1. The number of rotatable bonds is 3. The number of hydrogen-bond donors (Lipinski definition) is 1. The summed E-state index contributed by atoms with van der Waals surface area (Å²) in [5.41, 5.74) is 5.13. The van der Waals surface area contributed by atoms with E-state index in [0.29, 0.717) is 12.5 Å². The van der Waals surface area contributed by atoms with Crippen LogP contribution in [0.15, 0.2) is 48.5 Å². The highest BCUT2D eigenvalue weighted by molar-refractivity contribution is 5.48. The van der Waals surface area contributed by atoms with Crippen molar-refractivity contribution in [2.45, 2.75) is 25.3 Å². The molecule has 0 saturated carbocycles. The number of nitrogens with one attached hydrogen (secondary N) is 1. The lowest BCUT2D eigenvalue weighted by Crippen LogP contribution is -2.19. The van der Waals surface area contributed by atoms with Gasteiger partial charge in [-0.15, -0.1) is 0 Å². The molecule has 2 nitrogen and oxygen atoms in total. The minimum atomic E-state index is 0.481. The summed E-state index contributed by atoms with van der Waals surface area (Å²) in [5, 5.41) is 12.2. The number of fused-ring (bicyclic) bond motifs is 1. The molecule has 3 rings (SSSR count). The fourth-order valence-corrected chi connectivity index (χ4v) is 2.71. The van der Waals surface area contributed by atoms with E-state index in [9.17, 15) is 0 Å². The minimum Gasteiger partial charge on any atom is -0.382 e. The van der Waals surface area contributed by atoms with Gasteiger partial charge in [-0.05, 0) is 41.7 Å². The number of benzene rings is 2. The van der Waals surface area contributed by atoms with Crippen LogP contribution in [-0.2, 0) is 19.3 Å². The molecule has 2 aromatic rings. The van der Waals surface area contributed by atoms with E-state index in [4.69, 9.17) is 5.26 Å². The van der Waals surface area contributed by atoms with Crippen LogP contribution in [0.1, 0.15) is 16.7 Å². The van der Waals surface area contributed by atoms with Crippen molar-refractivity contribution in [2.24, 2.45) is 0 Å². The van der Waals surface area contributed by atoms with Crippen LogP contribution in [-0.4, -0.2) is 6.04 Å². The first-order chi connectivity index (χ1) is 9.35. The van der Waals surface area contributed by atoms with Crippen molar-refractivity contribution in [3.05, 3.63) is 65.2 Å². The van der Waals surface area contributed by atoms with Crippen LogP contribution < -0.4 is 5.32 Å². The van der Waals surface area contributed by atoms with Gasteiger partial charge in [-0.25, -0.2) is 0 Å². The third-order valence-electron chi connectivity index (χ3n) is 3.66. The molecule has 1 N–H and O–H groups in total. The first kappa shape index (κ1) is 11.8. The fraction of sp³-hybridized carbons (Fsp3) is 0.235. The molecule has 0 heterocycles. The molecule has 1 aliphatic rings. The Labute approximate surface area is 113 Å². The highest BCUT2D eigenvalue weighted by Gasteiger charge is 2.20. The summed E-state index contributed by atoms with van der Waals surface area (Å²) in [4.78, 5) is 0. The average molecular weight is 248 g/mol. The maximum atomic E-state index is 8.65. The third kappa shape index (κ3) is 2.61. The van der Waals surface area contributed by atoms with Gasteiger partial charge in [0.05, 0.1) is 12.5 Å². The molecule has 0 atom stereocenters. The molecule has 2 aromatic carbocycles. The largest absolute Gasteiger partial charge is 0.382 e. The minimum absolute atomic E-state index is 0.481. The van der Waals surface area contributed by atoms with Crippen molar-refractivity contribution < 1.29 is 0 Å². The first-order valence-corrected chi connectivity index (χ1v) is 6.64. The normalized spacial score (nSPS) is 13.8. The second-order valence-corrected chi connectivity index (χ2v) is 5.05.